The first-order chi connectivity index (χ1) is 9.46. The standard InChI is InChI=1S/C14H13F2NO3/c1-13(15,16)9-6-11-12(20-5-4-19-11)7-10(9)14(2-3-14)17-8-18/h6-7H,2-5H2,1H3. The van der Waals surface area contributed by atoms with E-state index in [1.54, 1.807) is 0 Å². The van der Waals surface area contributed by atoms with Crippen LogP contribution in [-0.4, -0.2) is 19.3 Å². The number of rotatable bonds is 3. The summed E-state index contributed by atoms with van der Waals surface area (Å²) in [6, 6.07) is 2.82. The van der Waals surface area contributed by atoms with Gasteiger partial charge in [0.25, 0.3) is 5.92 Å². The van der Waals surface area contributed by atoms with Crippen molar-refractivity contribution in [1.82, 2.24) is 0 Å². The highest BCUT2D eigenvalue weighted by atomic mass is 19.3. The molecule has 0 atom stereocenters. The van der Waals surface area contributed by atoms with Crippen molar-refractivity contribution >= 4 is 6.08 Å². The van der Waals surface area contributed by atoms with Gasteiger partial charge in [0.05, 0.1) is 5.54 Å². The summed E-state index contributed by atoms with van der Waals surface area (Å²) in [6.45, 7) is 1.53. The highest BCUT2D eigenvalue weighted by molar-refractivity contribution is 5.54. The zero-order valence-electron chi connectivity index (χ0n) is 10.9. The van der Waals surface area contributed by atoms with Crippen molar-refractivity contribution in [2.75, 3.05) is 13.2 Å². The molecule has 1 aliphatic carbocycles. The average Bonchev–Trinajstić information content (AvgIpc) is 3.17. The van der Waals surface area contributed by atoms with Gasteiger partial charge in [-0.2, -0.15) is 4.99 Å². The normalized spacial score (nSPS) is 19.1. The first kappa shape index (κ1) is 13.1. The molecule has 0 unspecified atom stereocenters. The summed E-state index contributed by atoms with van der Waals surface area (Å²) in [7, 11) is 0. The van der Waals surface area contributed by atoms with E-state index in [2.05, 4.69) is 4.99 Å². The van der Waals surface area contributed by atoms with Gasteiger partial charge in [0.2, 0.25) is 6.08 Å². The third-order valence-corrected chi connectivity index (χ3v) is 3.64. The van der Waals surface area contributed by atoms with Gasteiger partial charge in [-0.3, -0.25) is 0 Å². The van der Waals surface area contributed by atoms with Gasteiger partial charge in [-0.05, 0) is 30.5 Å². The number of isocyanates is 1. The molecule has 20 heavy (non-hydrogen) atoms. The van der Waals surface area contributed by atoms with E-state index in [9.17, 15) is 13.6 Å². The number of nitrogens with zero attached hydrogens (tertiary/aromatic N) is 1. The molecule has 3 rings (SSSR count). The van der Waals surface area contributed by atoms with Crippen LogP contribution in [0.25, 0.3) is 0 Å². The lowest BCUT2D eigenvalue weighted by Gasteiger charge is -2.25. The van der Waals surface area contributed by atoms with E-state index in [1.165, 1.54) is 18.2 Å². The maximum absolute atomic E-state index is 13.8. The van der Waals surface area contributed by atoms with E-state index in [1.807, 2.05) is 0 Å². The highest BCUT2D eigenvalue weighted by Crippen LogP contribution is 2.54. The van der Waals surface area contributed by atoms with Crippen molar-refractivity contribution in [3.63, 3.8) is 0 Å². The van der Waals surface area contributed by atoms with Gasteiger partial charge in [-0.15, -0.1) is 0 Å². The van der Waals surface area contributed by atoms with Crippen LogP contribution in [0.5, 0.6) is 11.5 Å². The van der Waals surface area contributed by atoms with Crippen molar-refractivity contribution in [2.24, 2.45) is 4.99 Å². The number of hydrogen-bond donors (Lipinski definition) is 0. The predicted molar refractivity (Wildman–Crippen MR) is 66.0 cm³/mol. The summed E-state index contributed by atoms with van der Waals surface area (Å²) in [5.41, 5.74) is -0.706. The molecular formula is C14H13F2NO3. The van der Waals surface area contributed by atoms with E-state index in [0.717, 1.165) is 6.92 Å². The Labute approximate surface area is 114 Å². The van der Waals surface area contributed by atoms with Gasteiger partial charge in [0.1, 0.15) is 13.2 Å². The molecule has 1 aliphatic heterocycles. The Kier molecular flexibility index (Phi) is 2.80. The van der Waals surface area contributed by atoms with Crippen LogP contribution in [-0.2, 0) is 16.3 Å². The molecule has 0 aromatic heterocycles. The molecule has 0 saturated heterocycles. The lowest BCUT2D eigenvalue weighted by atomic mass is 9.94. The minimum absolute atomic E-state index is 0.168. The SMILES string of the molecule is CC(F)(F)c1cc2c(cc1C1(N=C=O)CC1)OCCO2. The van der Waals surface area contributed by atoms with Crippen molar-refractivity contribution in [3.8, 4) is 11.5 Å². The summed E-state index contributed by atoms with van der Waals surface area (Å²) < 4.78 is 38.5. The molecule has 0 N–H and O–H groups in total. The van der Waals surface area contributed by atoms with Crippen molar-refractivity contribution < 1.29 is 23.0 Å². The number of ether oxygens (including phenoxy) is 2. The molecule has 0 radical (unpaired) electrons. The Hall–Kier alpha value is -1.94. The Morgan fingerprint density at radius 2 is 1.85 bits per heavy atom. The van der Waals surface area contributed by atoms with Crippen LogP contribution in [0.2, 0.25) is 0 Å². The molecule has 1 heterocycles. The van der Waals surface area contributed by atoms with E-state index in [4.69, 9.17) is 9.47 Å². The van der Waals surface area contributed by atoms with Gasteiger partial charge >= 0.3 is 0 Å². The molecule has 2 aliphatic rings. The van der Waals surface area contributed by atoms with Crippen LogP contribution in [0.15, 0.2) is 17.1 Å². The molecular weight excluding hydrogens is 268 g/mol. The van der Waals surface area contributed by atoms with Crippen molar-refractivity contribution in [1.29, 1.82) is 0 Å². The molecule has 1 saturated carbocycles. The fourth-order valence-corrected chi connectivity index (χ4v) is 2.48. The van der Waals surface area contributed by atoms with Crippen LogP contribution in [0.4, 0.5) is 8.78 Å². The zero-order valence-corrected chi connectivity index (χ0v) is 10.9. The quantitative estimate of drug-likeness (QED) is 0.632. The molecule has 0 spiro atoms. The van der Waals surface area contributed by atoms with Crippen LogP contribution in [0, 0.1) is 0 Å². The van der Waals surface area contributed by atoms with Gasteiger partial charge in [0, 0.05) is 12.5 Å². The summed E-state index contributed by atoms with van der Waals surface area (Å²) in [5.74, 6) is -2.31. The average molecular weight is 281 g/mol. The minimum atomic E-state index is -3.04. The Balaban J connectivity index is 2.19. The summed E-state index contributed by atoms with van der Waals surface area (Å²) >= 11 is 0. The second kappa shape index (κ2) is 4.28. The maximum atomic E-state index is 13.8. The van der Waals surface area contributed by atoms with Crippen LogP contribution >= 0.6 is 0 Å². The first-order valence-electron chi connectivity index (χ1n) is 6.38. The summed E-state index contributed by atoms with van der Waals surface area (Å²) in [5, 5.41) is 0. The second-order valence-corrected chi connectivity index (χ2v) is 5.16. The number of alkyl halides is 2. The van der Waals surface area contributed by atoms with Gasteiger partial charge in [0.15, 0.2) is 11.5 Å². The smallest absolute Gasteiger partial charge is 0.271 e. The molecule has 0 amide bonds. The lowest BCUT2D eigenvalue weighted by Crippen LogP contribution is -2.20. The van der Waals surface area contributed by atoms with Crippen molar-refractivity contribution in [2.45, 2.75) is 31.2 Å². The lowest BCUT2D eigenvalue weighted by molar-refractivity contribution is 0.0154. The molecule has 1 aromatic rings. The third-order valence-electron chi connectivity index (χ3n) is 3.64. The number of halogens is 2. The number of carbonyl (C=O) groups excluding carboxylic acids is 1. The maximum Gasteiger partial charge on any atom is 0.271 e. The third kappa shape index (κ3) is 2.06. The van der Waals surface area contributed by atoms with Gasteiger partial charge in [-0.25, -0.2) is 13.6 Å². The predicted octanol–water partition coefficient (Wildman–Crippen LogP) is 2.89. The van der Waals surface area contributed by atoms with Crippen LogP contribution in [0.1, 0.15) is 30.9 Å². The first-order valence-corrected chi connectivity index (χ1v) is 6.38. The number of benzene rings is 1. The van der Waals surface area contributed by atoms with E-state index in [0.29, 0.717) is 43.1 Å². The molecule has 1 fully saturated rings. The number of fused-ring (bicyclic) bond motifs is 1. The van der Waals surface area contributed by atoms with Crippen molar-refractivity contribution in [3.05, 3.63) is 23.3 Å². The summed E-state index contributed by atoms with van der Waals surface area (Å²) in [6.07, 6.45) is 2.61. The van der Waals surface area contributed by atoms with Crippen LogP contribution < -0.4 is 9.47 Å². The second-order valence-electron chi connectivity index (χ2n) is 5.16. The minimum Gasteiger partial charge on any atom is -0.486 e. The van der Waals surface area contributed by atoms with Crippen LogP contribution in [0.3, 0.4) is 0 Å². The molecule has 1 aromatic carbocycles. The van der Waals surface area contributed by atoms with E-state index < -0.39 is 11.5 Å². The molecule has 6 heteroatoms. The summed E-state index contributed by atoms with van der Waals surface area (Å²) in [4.78, 5) is 14.3. The Morgan fingerprint density at radius 3 is 2.35 bits per heavy atom. The van der Waals surface area contributed by atoms with Gasteiger partial charge in [-0.1, -0.05) is 0 Å². The number of aliphatic imine (C=N–C) groups is 1. The monoisotopic (exact) mass is 281 g/mol. The fraction of sp³-hybridized carbons (Fsp3) is 0.500. The highest BCUT2D eigenvalue weighted by Gasteiger charge is 2.49. The van der Waals surface area contributed by atoms with E-state index >= 15 is 0 Å². The fourth-order valence-electron chi connectivity index (χ4n) is 2.48. The molecule has 4 nitrogen and oxygen atoms in total. The largest absolute Gasteiger partial charge is 0.486 e. The Bertz CT molecular complexity index is 599. The number of hydrogen-bond acceptors (Lipinski definition) is 4. The molecule has 0 bridgehead atoms. The molecule has 106 valence electrons. The van der Waals surface area contributed by atoms with Gasteiger partial charge < -0.3 is 9.47 Å². The Morgan fingerprint density at radius 1 is 1.25 bits per heavy atom. The zero-order chi connectivity index (χ0) is 14.4. The van der Waals surface area contributed by atoms with E-state index in [-0.39, 0.29) is 5.56 Å². The topological polar surface area (TPSA) is 47.9 Å².